The molecular weight excluding hydrogens is 462 g/mol. The Morgan fingerprint density at radius 1 is 0.946 bits per heavy atom. The summed E-state index contributed by atoms with van der Waals surface area (Å²) in [5.41, 5.74) is 14.0. The van der Waals surface area contributed by atoms with Crippen LogP contribution >= 0.6 is 0 Å². The number of carbonyl (C=O) groups is 1. The zero-order valence-electron chi connectivity index (χ0n) is 21.3. The van der Waals surface area contributed by atoms with Crippen molar-refractivity contribution in [2.75, 3.05) is 24.5 Å². The Morgan fingerprint density at radius 2 is 1.78 bits per heavy atom. The molecule has 0 radical (unpaired) electrons. The average molecular weight is 494 g/mol. The van der Waals surface area contributed by atoms with Gasteiger partial charge in [0.25, 0.3) is 5.91 Å². The summed E-state index contributed by atoms with van der Waals surface area (Å²) < 4.78 is 0. The molecule has 0 aliphatic carbocycles. The van der Waals surface area contributed by atoms with E-state index in [2.05, 4.69) is 51.3 Å². The standard InChI is InChI=1S/C29H31N7O/c1-18-13-22(26-6-3-19(2)33-34-26)15-25-27(18)31-17-32-28(25)36-10-7-20-4-5-21(14-23(20)16-36)29(37)35-11-8-24(30)9-12-35/h3-6,13-15,17,24H,7-12,16,30H2,1-2H3. The van der Waals surface area contributed by atoms with Gasteiger partial charge in [-0.05, 0) is 86.2 Å². The van der Waals surface area contributed by atoms with Crippen LogP contribution in [-0.4, -0.2) is 56.6 Å². The molecule has 188 valence electrons. The summed E-state index contributed by atoms with van der Waals surface area (Å²) in [6.07, 6.45) is 4.27. The first-order valence-electron chi connectivity index (χ1n) is 12.9. The zero-order chi connectivity index (χ0) is 25.5. The number of piperidine rings is 1. The third kappa shape index (κ3) is 4.53. The number of anilines is 1. The highest BCUT2D eigenvalue weighted by Crippen LogP contribution is 2.33. The van der Waals surface area contributed by atoms with Crippen LogP contribution < -0.4 is 10.6 Å². The topological polar surface area (TPSA) is 101 Å². The molecule has 2 aliphatic heterocycles. The van der Waals surface area contributed by atoms with Crippen molar-refractivity contribution in [3.63, 3.8) is 0 Å². The number of likely N-dealkylation sites (tertiary alicyclic amines) is 1. The lowest BCUT2D eigenvalue weighted by atomic mass is 9.96. The van der Waals surface area contributed by atoms with Gasteiger partial charge in [0.1, 0.15) is 12.1 Å². The van der Waals surface area contributed by atoms with Gasteiger partial charge in [0.2, 0.25) is 0 Å². The maximum atomic E-state index is 13.2. The van der Waals surface area contributed by atoms with E-state index in [1.54, 1.807) is 6.33 Å². The molecule has 1 saturated heterocycles. The van der Waals surface area contributed by atoms with Crippen LogP contribution in [0.2, 0.25) is 0 Å². The number of nitrogens with two attached hydrogens (primary N) is 1. The Balaban J connectivity index is 1.32. The first kappa shape index (κ1) is 23.5. The first-order chi connectivity index (χ1) is 18.0. The van der Waals surface area contributed by atoms with Crippen molar-refractivity contribution in [3.05, 3.63) is 76.7 Å². The average Bonchev–Trinajstić information content (AvgIpc) is 2.92. The van der Waals surface area contributed by atoms with Crippen LogP contribution in [-0.2, 0) is 13.0 Å². The van der Waals surface area contributed by atoms with E-state index in [1.807, 2.05) is 30.0 Å². The number of benzene rings is 2. The fraction of sp³-hybridized carbons (Fsp3) is 0.345. The second-order valence-corrected chi connectivity index (χ2v) is 10.2. The van der Waals surface area contributed by atoms with Crippen molar-refractivity contribution in [1.29, 1.82) is 0 Å². The lowest BCUT2D eigenvalue weighted by molar-refractivity contribution is 0.0714. The minimum absolute atomic E-state index is 0.0961. The molecule has 8 nitrogen and oxygen atoms in total. The fourth-order valence-electron chi connectivity index (χ4n) is 5.44. The Kier molecular flexibility index (Phi) is 6.04. The van der Waals surface area contributed by atoms with Crippen molar-refractivity contribution in [2.45, 2.75) is 45.7 Å². The molecule has 2 aromatic heterocycles. The van der Waals surface area contributed by atoms with Crippen molar-refractivity contribution in [1.82, 2.24) is 25.1 Å². The molecule has 4 aromatic rings. The van der Waals surface area contributed by atoms with Gasteiger partial charge in [-0.2, -0.15) is 10.2 Å². The summed E-state index contributed by atoms with van der Waals surface area (Å²) in [6, 6.07) is 14.6. The van der Waals surface area contributed by atoms with Crippen LogP contribution in [0.5, 0.6) is 0 Å². The predicted octanol–water partition coefficient (Wildman–Crippen LogP) is 3.83. The van der Waals surface area contributed by atoms with Crippen LogP contribution in [0.3, 0.4) is 0 Å². The third-order valence-corrected chi connectivity index (χ3v) is 7.59. The predicted molar refractivity (Wildman–Crippen MR) is 144 cm³/mol. The molecule has 0 saturated carbocycles. The highest BCUT2D eigenvalue weighted by atomic mass is 16.2. The van der Waals surface area contributed by atoms with Crippen LogP contribution in [0.4, 0.5) is 5.82 Å². The Labute approximate surface area is 216 Å². The molecule has 0 spiro atoms. The molecule has 2 aromatic carbocycles. The number of hydrogen-bond acceptors (Lipinski definition) is 7. The van der Waals surface area contributed by atoms with E-state index in [0.717, 1.165) is 83.7 Å². The van der Waals surface area contributed by atoms with Gasteiger partial charge in [-0.1, -0.05) is 6.07 Å². The Bertz CT molecular complexity index is 1480. The van der Waals surface area contributed by atoms with Gasteiger partial charge >= 0.3 is 0 Å². The smallest absolute Gasteiger partial charge is 0.253 e. The maximum absolute atomic E-state index is 13.2. The molecule has 0 atom stereocenters. The lowest BCUT2D eigenvalue weighted by Crippen LogP contribution is -2.43. The summed E-state index contributed by atoms with van der Waals surface area (Å²) in [6.45, 7) is 7.00. The minimum Gasteiger partial charge on any atom is -0.351 e. The van der Waals surface area contributed by atoms with Gasteiger partial charge in [-0.3, -0.25) is 4.79 Å². The Hall–Kier alpha value is -3.91. The number of fused-ring (bicyclic) bond motifs is 2. The molecular formula is C29H31N7O. The van der Waals surface area contributed by atoms with Gasteiger partial charge in [-0.25, -0.2) is 9.97 Å². The van der Waals surface area contributed by atoms with Crippen molar-refractivity contribution in [2.24, 2.45) is 5.73 Å². The van der Waals surface area contributed by atoms with Crippen molar-refractivity contribution < 1.29 is 4.79 Å². The SMILES string of the molecule is Cc1ccc(-c2cc(C)c3ncnc(N4CCc5ccc(C(=O)N6CCC(N)CC6)cc5C4)c3c2)nn1. The number of rotatable bonds is 3. The van der Waals surface area contributed by atoms with E-state index in [1.165, 1.54) is 11.1 Å². The van der Waals surface area contributed by atoms with E-state index in [9.17, 15) is 4.79 Å². The first-order valence-corrected chi connectivity index (χ1v) is 12.9. The normalized spacial score (nSPS) is 16.2. The van der Waals surface area contributed by atoms with Gasteiger partial charge in [0, 0.05) is 48.7 Å². The quantitative estimate of drug-likeness (QED) is 0.463. The van der Waals surface area contributed by atoms with Gasteiger partial charge in [0.05, 0.1) is 16.9 Å². The summed E-state index contributed by atoms with van der Waals surface area (Å²) in [5, 5.41) is 9.62. The summed E-state index contributed by atoms with van der Waals surface area (Å²) in [7, 11) is 0. The van der Waals surface area contributed by atoms with Gasteiger partial charge < -0.3 is 15.5 Å². The van der Waals surface area contributed by atoms with Crippen LogP contribution in [0.1, 0.15) is 45.6 Å². The third-order valence-electron chi connectivity index (χ3n) is 7.59. The highest BCUT2D eigenvalue weighted by molar-refractivity contribution is 5.96. The number of nitrogens with zero attached hydrogens (tertiary/aromatic N) is 6. The number of hydrogen-bond donors (Lipinski definition) is 1. The molecule has 4 heterocycles. The molecule has 0 bridgehead atoms. The van der Waals surface area contributed by atoms with E-state index in [4.69, 9.17) is 10.7 Å². The van der Waals surface area contributed by atoms with E-state index in [0.29, 0.717) is 6.54 Å². The summed E-state index contributed by atoms with van der Waals surface area (Å²) >= 11 is 0. The highest BCUT2D eigenvalue weighted by Gasteiger charge is 2.25. The lowest BCUT2D eigenvalue weighted by Gasteiger charge is -2.32. The van der Waals surface area contributed by atoms with Crippen molar-refractivity contribution >= 4 is 22.6 Å². The molecule has 8 heteroatoms. The monoisotopic (exact) mass is 493 g/mol. The minimum atomic E-state index is 0.0961. The van der Waals surface area contributed by atoms with Gasteiger partial charge in [0.15, 0.2) is 0 Å². The van der Waals surface area contributed by atoms with Crippen LogP contribution in [0, 0.1) is 13.8 Å². The van der Waals surface area contributed by atoms with E-state index in [-0.39, 0.29) is 11.9 Å². The molecule has 2 N–H and O–H groups in total. The molecule has 1 fully saturated rings. The zero-order valence-corrected chi connectivity index (χ0v) is 21.3. The van der Waals surface area contributed by atoms with Crippen LogP contribution in [0.15, 0.2) is 48.8 Å². The van der Waals surface area contributed by atoms with E-state index >= 15 is 0 Å². The molecule has 0 unspecified atom stereocenters. The summed E-state index contributed by atoms with van der Waals surface area (Å²) in [5.74, 6) is 1.00. The molecule has 6 rings (SSSR count). The molecule has 37 heavy (non-hydrogen) atoms. The largest absolute Gasteiger partial charge is 0.351 e. The Morgan fingerprint density at radius 3 is 2.57 bits per heavy atom. The molecule has 2 aliphatic rings. The van der Waals surface area contributed by atoms with E-state index < -0.39 is 0 Å². The molecule has 1 amide bonds. The second-order valence-electron chi connectivity index (χ2n) is 10.2. The maximum Gasteiger partial charge on any atom is 0.253 e. The van der Waals surface area contributed by atoms with Gasteiger partial charge in [-0.15, -0.1) is 0 Å². The summed E-state index contributed by atoms with van der Waals surface area (Å²) in [4.78, 5) is 26.7. The number of aromatic nitrogens is 4. The second kappa shape index (κ2) is 9.52. The number of carbonyl (C=O) groups excluding carboxylic acids is 1. The number of amides is 1. The van der Waals surface area contributed by atoms with Crippen molar-refractivity contribution in [3.8, 4) is 11.3 Å². The fourth-order valence-corrected chi connectivity index (χ4v) is 5.44. The van der Waals surface area contributed by atoms with Crippen LogP contribution in [0.25, 0.3) is 22.2 Å². The number of aryl methyl sites for hydroxylation is 2.